The molecule has 2 aromatic heterocycles. The lowest BCUT2D eigenvalue weighted by Gasteiger charge is -2.26. The van der Waals surface area contributed by atoms with E-state index in [1.807, 2.05) is 61.6 Å². The van der Waals surface area contributed by atoms with Gasteiger partial charge in [-0.2, -0.15) is 0 Å². The number of aromatic nitrogens is 2. The number of aromatic hydroxyl groups is 1. The number of anilines is 1. The number of carbonyl (C=O) groups is 1. The fourth-order valence-electron chi connectivity index (χ4n) is 6.05. The van der Waals surface area contributed by atoms with Crippen LogP contribution in [-0.2, 0) is 4.79 Å². The monoisotopic (exact) mass is 479 g/mol. The van der Waals surface area contributed by atoms with Crippen LogP contribution in [0.3, 0.4) is 0 Å². The minimum Gasteiger partial charge on any atom is -0.493 e. The van der Waals surface area contributed by atoms with Crippen LogP contribution in [0.4, 0.5) is 5.69 Å². The van der Waals surface area contributed by atoms with Crippen molar-refractivity contribution in [2.24, 2.45) is 5.92 Å². The normalized spacial score (nSPS) is 22.6. The van der Waals surface area contributed by atoms with Crippen LogP contribution in [0.2, 0.25) is 0 Å². The SMILES string of the molecule is CC(=O)C1C(c2ccc(N(C)C)cc2)c2c(O)n(C3CCCCC3)c(=O)n2C1c1sccc1C. The zero-order chi connectivity index (χ0) is 24.1. The summed E-state index contributed by atoms with van der Waals surface area (Å²) >= 11 is 1.59. The van der Waals surface area contributed by atoms with Crippen molar-refractivity contribution in [3.8, 4) is 5.88 Å². The molecule has 0 spiro atoms. The first-order chi connectivity index (χ1) is 16.3. The summed E-state index contributed by atoms with van der Waals surface area (Å²) in [6.45, 7) is 3.65. The minimum absolute atomic E-state index is 0.0111. The number of aryl methyl sites for hydroxylation is 1. The molecule has 3 aromatic rings. The van der Waals surface area contributed by atoms with E-state index in [1.54, 1.807) is 27.4 Å². The van der Waals surface area contributed by atoms with E-state index >= 15 is 0 Å². The molecule has 0 radical (unpaired) electrons. The van der Waals surface area contributed by atoms with Gasteiger partial charge in [-0.15, -0.1) is 11.3 Å². The van der Waals surface area contributed by atoms with Crippen LogP contribution in [0.5, 0.6) is 5.88 Å². The van der Waals surface area contributed by atoms with Crippen LogP contribution in [0.15, 0.2) is 40.5 Å². The highest BCUT2D eigenvalue weighted by Crippen LogP contribution is 2.53. The van der Waals surface area contributed by atoms with E-state index in [9.17, 15) is 14.7 Å². The number of ketones is 1. The van der Waals surface area contributed by atoms with Crippen molar-refractivity contribution < 1.29 is 9.90 Å². The molecule has 6 nitrogen and oxygen atoms in total. The highest BCUT2D eigenvalue weighted by molar-refractivity contribution is 7.10. The van der Waals surface area contributed by atoms with Crippen molar-refractivity contribution in [2.75, 3.05) is 19.0 Å². The Balaban J connectivity index is 1.75. The molecule has 1 fully saturated rings. The average Bonchev–Trinajstić information content (AvgIpc) is 3.47. The van der Waals surface area contributed by atoms with E-state index in [-0.39, 0.29) is 29.3 Å². The predicted octanol–water partition coefficient (Wildman–Crippen LogP) is 5.24. The lowest BCUT2D eigenvalue weighted by Crippen LogP contribution is -2.33. The zero-order valence-corrected chi connectivity index (χ0v) is 21.1. The van der Waals surface area contributed by atoms with E-state index in [1.165, 1.54) is 6.42 Å². The molecule has 3 heterocycles. The molecule has 1 aliphatic heterocycles. The number of Topliss-reactive ketones (excluding diaryl/α,β-unsaturated/α-hetero) is 1. The molecule has 3 atom stereocenters. The van der Waals surface area contributed by atoms with Gasteiger partial charge < -0.3 is 10.0 Å². The van der Waals surface area contributed by atoms with E-state index < -0.39 is 12.0 Å². The third-order valence-electron chi connectivity index (χ3n) is 7.75. The van der Waals surface area contributed by atoms with Crippen LogP contribution >= 0.6 is 11.3 Å². The number of hydrogen-bond acceptors (Lipinski definition) is 5. The number of fused-ring (bicyclic) bond motifs is 1. The van der Waals surface area contributed by atoms with Gasteiger partial charge >= 0.3 is 5.69 Å². The maximum absolute atomic E-state index is 13.9. The Morgan fingerprint density at radius 3 is 2.29 bits per heavy atom. The van der Waals surface area contributed by atoms with Gasteiger partial charge in [-0.3, -0.25) is 13.9 Å². The van der Waals surface area contributed by atoms with E-state index in [4.69, 9.17) is 0 Å². The fraction of sp³-hybridized carbons (Fsp3) is 0.481. The smallest absolute Gasteiger partial charge is 0.332 e. The van der Waals surface area contributed by atoms with Crippen molar-refractivity contribution in [2.45, 2.75) is 64.0 Å². The molecule has 1 aliphatic carbocycles. The summed E-state index contributed by atoms with van der Waals surface area (Å²) in [5, 5.41) is 13.6. The standard InChI is InChI=1S/C27H33N3O3S/c1-16-14-15-34-25(16)23-21(17(2)31)22(18-10-12-19(13-11-18)28(3)4)24-26(32)29(27(33)30(23)24)20-8-6-5-7-9-20/h10-15,20-23,32H,5-9H2,1-4H3. The molecule has 2 aliphatic rings. The maximum Gasteiger partial charge on any atom is 0.332 e. The quantitative estimate of drug-likeness (QED) is 0.544. The number of hydrogen-bond donors (Lipinski definition) is 1. The molecule has 1 saturated carbocycles. The molecule has 0 amide bonds. The predicted molar refractivity (Wildman–Crippen MR) is 136 cm³/mol. The van der Waals surface area contributed by atoms with Gasteiger partial charge in [0, 0.05) is 36.6 Å². The highest BCUT2D eigenvalue weighted by Gasteiger charge is 2.50. The van der Waals surface area contributed by atoms with Crippen LogP contribution in [0.25, 0.3) is 0 Å². The van der Waals surface area contributed by atoms with Gasteiger partial charge in [0.1, 0.15) is 5.78 Å². The zero-order valence-electron chi connectivity index (χ0n) is 20.3. The van der Waals surface area contributed by atoms with Gasteiger partial charge in [-0.05, 0) is 61.4 Å². The van der Waals surface area contributed by atoms with Crippen LogP contribution in [0.1, 0.15) is 78.7 Å². The summed E-state index contributed by atoms with van der Waals surface area (Å²) in [4.78, 5) is 30.2. The van der Waals surface area contributed by atoms with Gasteiger partial charge in [0.25, 0.3) is 0 Å². The molecular formula is C27H33N3O3S. The number of nitrogens with zero attached hydrogens (tertiary/aromatic N) is 3. The van der Waals surface area contributed by atoms with E-state index in [0.717, 1.165) is 47.4 Å². The molecule has 180 valence electrons. The number of rotatable bonds is 5. The van der Waals surface area contributed by atoms with Gasteiger partial charge in [0.05, 0.1) is 17.7 Å². The Morgan fingerprint density at radius 1 is 1.06 bits per heavy atom. The minimum atomic E-state index is -0.447. The van der Waals surface area contributed by atoms with Gasteiger partial charge in [-0.25, -0.2) is 4.79 Å². The molecule has 0 saturated heterocycles. The van der Waals surface area contributed by atoms with Gasteiger partial charge in [0.2, 0.25) is 5.88 Å². The van der Waals surface area contributed by atoms with Crippen molar-refractivity contribution in [1.29, 1.82) is 0 Å². The second kappa shape index (κ2) is 8.77. The summed E-state index contributed by atoms with van der Waals surface area (Å²) in [6.07, 6.45) is 5.10. The Morgan fingerprint density at radius 2 is 1.74 bits per heavy atom. The first-order valence-corrected chi connectivity index (χ1v) is 13.1. The van der Waals surface area contributed by atoms with Crippen LogP contribution in [0, 0.1) is 12.8 Å². The largest absolute Gasteiger partial charge is 0.493 e. The Kier molecular flexibility index (Phi) is 5.92. The van der Waals surface area contributed by atoms with Crippen LogP contribution < -0.4 is 10.6 Å². The number of benzene rings is 1. The summed E-state index contributed by atoms with van der Waals surface area (Å²) in [6, 6.07) is 9.78. The van der Waals surface area contributed by atoms with Crippen molar-refractivity contribution in [3.63, 3.8) is 0 Å². The fourth-order valence-corrected chi connectivity index (χ4v) is 7.11. The molecule has 7 heteroatoms. The summed E-state index contributed by atoms with van der Waals surface area (Å²) in [5.41, 5.74) is 3.50. The number of carbonyl (C=O) groups excluding carboxylic acids is 1. The Bertz CT molecular complexity index is 1260. The summed E-state index contributed by atoms with van der Waals surface area (Å²) < 4.78 is 3.38. The van der Waals surface area contributed by atoms with Crippen molar-refractivity contribution in [3.05, 3.63) is 67.9 Å². The Labute approximate surface area is 204 Å². The van der Waals surface area contributed by atoms with Crippen molar-refractivity contribution in [1.82, 2.24) is 9.13 Å². The van der Waals surface area contributed by atoms with Crippen molar-refractivity contribution >= 4 is 22.8 Å². The van der Waals surface area contributed by atoms with Gasteiger partial charge in [0.15, 0.2) is 0 Å². The third-order valence-corrected chi connectivity index (χ3v) is 8.84. The maximum atomic E-state index is 13.9. The van der Waals surface area contributed by atoms with Crippen LogP contribution in [-0.4, -0.2) is 34.1 Å². The summed E-state index contributed by atoms with van der Waals surface area (Å²) in [7, 11) is 3.98. The molecule has 1 aromatic carbocycles. The first kappa shape index (κ1) is 23.0. The summed E-state index contributed by atoms with van der Waals surface area (Å²) in [5.74, 6) is -0.748. The average molecular weight is 480 g/mol. The van der Waals surface area contributed by atoms with E-state index in [2.05, 4.69) is 0 Å². The number of thiophene rings is 1. The molecular weight excluding hydrogens is 446 g/mol. The molecule has 0 bridgehead atoms. The second-order valence-electron chi connectivity index (χ2n) is 10.0. The highest BCUT2D eigenvalue weighted by atomic mass is 32.1. The first-order valence-electron chi connectivity index (χ1n) is 12.2. The lowest BCUT2D eigenvalue weighted by molar-refractivity contribution is -0.121. The lowest BCUT2D eigenvalue weighted by atomic mass is 9.79. The Hall–Kier alpha value is -2.80. The molecule has 3 unspecified atom stereocenters. The number of imidazole rings is 1. The van der Waals surface area contributed by atoms with E-state index in [0.29, 0.717) is 5.69 Å². The molecule has 34 heavy (non-hydrogen) atoms. The topological polar surface area (TPSA) is 67.5 Å². The second-order valence-corrected chi connectivity index (χ2v) is 11.0. The van der Waals surface area contributed by atoms with Gasteiger partial charge in [-0.1, -0.05) is 31.4 Å². The third kappa shape index (κ3) is 3.52. The molecule has 5 rings (SSSR count). The molecule has 1 N–H and O–H groups in total.